The van der Waals surface area contributed by atoms with Gasteiger partial charge in [0.2, 0.25) is 0 Å². The zero-order chi connectivity index (χ0) is 29.8. The second-order valence-electron chi connectivity index (χ2n) is 9.31. The van der Waals surface area contributed by atoms with E-state index in [1.165, 1.54) is 11.3 Å². The van der Waals surface area contributed by atoms with Crippen LogP contribution in [-0.2, 0) is 4.79 Å². The highest BCUT2D eigenvalue weighted by atomic mass is 127. The van der Waals surface area contributed by atoms with E-state index in [1.807, 2.05) is 79.7 Å². The van der Waals surface area contributed by atoms with Gasteiger partial charge in [-0.05, 0) is 84.5 Å². The highest BCUT2D eigenvalue weighted by molar-refractivity contribution is 14.1. The summed E-state index contributed by atoms with van der Waals surface area (Å²) in [4.78, 5) is 33.2. The monoisotopic (exact) mass is 755 g/mol. The van der Waals surface area contributed by atoms with Crippen LogP contribution in [0.3, 0.4) is 0 Å². The zero-order valence-corrected chi connectivity index (χ0v) is 27.5. The third-order valence-electron chi connectivity index (χ3n) is 6.47. The maximum Gasteiger partial charge on any atom is 0.271 e. The lowest BCUT2D eigenvalue weighted by atomic mass is 9.95. The maximum atomic E-state index is 14.1. The third-order valence-corrected chi connectivity index (χ3v) is 8.72. The number of ether oxygens (including phenoxy) is 2. The van der Waals surface area contributed by atoms with Crippen molar-refractivity contribution in [2.24, 2.45) is 4.99 Å². The standard InChI is InChI=1S/C32H27BrIN3O4S/c1-4-15-41-29-21(16-22(33)18-25(29)34)17-26-31(39)37-28(20-11-13-24(14-12-20)40-5-2)27(19(3)35-32(37)42-26)30(38)36-23-9-7-6-8-10-23/h4,6-14,16-18,28H,1,5,15H2,2-3H3,(H,36,38)/b26-17-/t28-/m1/s1. The van der Waals surface area contributed by atoms with Crippen LogP contribution in [0.2, 0.25) is 0 Å². The molecule has 42 heavy (non-hydrogen) atoms. The molecule has 0 bridgehead atoms. The summed E-state index contributed by atoms with van der Waals surface area (Å²) in [5.41, 5.74) is 2.86. The van der Waals surface area contributed by atoms with Gasteiger partial charge in [-0.2, -0.15) is 0 Å². The number of anilines is 1. The molecule has 2 heterocycles. The predicted molar refractivity (Wildman–Crippen MR) is 179 cm³/mol. The Bertz CT molecular complexity index is 1860. The molecule has 1 atom stereocenters. The Morgan fingerprint density at radius 3 is 2.60 bits per heavy atom. The number of nitrogens with zero attached hydrogens (tertiary/aromatic N) is 2. The van der Waals surface area contributed by atoms with Crippen LogP contribution in [0.15, 0.2) is 105 Å². The van der Waals surface area contributed by atoms with Crippen molar-refractivity contribution in [2.75, 3.05) is 18.5 Å². The highest BCUT2D eigenvalue weighted by Crippen LogP contribution is 2.33. The van der Waals surface area contributed by atoms with E-state index in [4.69, 9.17) is 14.5 Å². The number of benzene rings is 3. The first-order valence-corrected chi connectivity index (χ1v) is 15.8. The summed E-state index contributed by atoms with van der Waals surface area (Å²) in [6, 6.07) is 19.9. The predicted octanol–water partition coefficient (Wildman–Crippen LogP) is 6.20. The Kier molecular flexibility index (Phi) is 9.44. The molecule has 10 heteroatoms. The van der Waals surface area contributed by atoms with Gasteiger partial charge >= 0.3 is 0 Å². The number of allylic oxidation sites excluding steroid dienone is 1. The van der Waals surface area contributed by atoms with Crippen LogP contribution in [0.1, 0.15) is 31.0 Å². The zero-order valence-electron chi connectivity index (χ0n) is 22.9. The fourth-order valence-electron chi connectivity index (χ4n) is 4.68. The molecule has 7 nitrogen and oxygen atoms in total. The number of rotatable bonds is 9. The molecule has 1 N–H and O–H groups in total. The number of nitrogens with one attached hydrogen (secondary N) is 1. The fourth-order valence-corrected chi connectivity index (χ4v) is 7.43. The van der Waals surface area contributed by atoms with Gasteiger partial charge in [-0.15, -0.1) is 0 Å². The summed E-state index contributed by atoms with van der Waals surface area (Å²) in [6.07, 6.45) is 3.49. The van der Waals surface area contributed by atoms with Crippen LogP contribution in [0.25, 0.3) is 6.08 Å². The van der Waals surface area contributed by atoms with E-state index in [1.54, 1.807) is 17.6 Å². The van der Waals surface area contributed by atoms with Gasteiger partial charge in [0, 0.05) is 15.7 Å². The van der Waals surface area contributed by atoms with E-state index in [2.05, 4.69) is 50.4 Å². The first-order valence-electron chi connectivity index (χ1n) is 13.1. The lowest BCUT2D eigenvalue weighted by Gasteiger charge is -2.25. The van der Waals surface area contributed by atoms with Crippen LogP contribution in [0.5, 0.6) is 11.5 Å². The highest BCUT2D eigenvalue weighted by Gasteiger charge is 2.32. The van der Waals surface area contributed by atoms with Gasteiger partial charge < -0.3 is 14.8 Å². The summed E-state index contributed by atoms with van der Waals surface area (Å²) in [7, 11) is 0. The van der Waals surface area contributed by atoms with Crippen LogP contribution < -0.4 is 29.7 Å². The SMILES string of the molecule is C=CCOc1c(I)cc(Br)cc1/C=c1\sc2n(c1=O)[C@H](c1ccc(OCC)cc1)C(C(=O)Nc1ccccc1)=C(C)N=2. The number of carbonyl (C=O) groups excluding carboxylic acids is 1. The summed E-state index contributed by atoms with van der Waals surface area (Å²) in [5.74, 6) is 1.05. The van der Waals surface area contributed by atoms with Crippen molar-refractivity contribution in [2.45, 2.75) is 19.9 Å². The number of aromatic nitrogens is 1. The van der Waals surface area contributed by atoms with Crippen LogP contribution in [-0.4, -0.2) is 23.7 Å². The second kappa shape index (κ2) is 13.2. The molecule has 0 saturated heterocycles. The van der Waals surface area contributed by atoms with Gasteiger partial charge in [0.1, 0.15) is 18.1 Å². The van der Waals surface area contributed by atoms with Crippen molar-refractivity contribution >= 4 is 67.5 Å². The molecule has 0 saturated carbocycles. The van der Waals surface area contributed by atoms with Crippen molar-refractivity contribution in [1.29, 1.82) is 0 Å². The van der Waals surface area contributed by atoms with Crippen LogP contribution >= 0.6 is 49.9 Å². The Morgan fingerprint density at radius 1 is 1.17 bits per heavy atom. The van der Waals surface area contributed by atoms with Crippen molar-refractivity contribution in [3.63, 3.8) is 0 Å². The van der Waals surface area contributed by atoms with Gasteiger partial charge in [-0.1, -0.05) is 70.3 Å². The minimum atomic E-state index is -0.693. The van der Waals surface area contributed by atoms with Gasteiger partial charge in [0.05, 0.1) is 32.0 Å². The van der Waals surface area contributed by atoms with E-state index in [-0.39, 0.29) is 11.5 Å². The largest absolute Gasteiger partial charge is 0.494 e. The Labute approximate surface area is 269 Å². The Morgan fingerprint density at radius 2 is 1.90 bits per heavy atom. The first kappa shape index (κ1) is 30.0. The quantitative estimate of drug-likeness (QED) is 0.163. The number of fused-ring (bicyclic) bond motifs is 1. The topological polar surface area (TPSA) is 81.9 Å². The van der Waals surface area contributed by atoms with Gasteiger partial charge in [0.15, 0.2) is 4.80 Å². The normalized spacial score (nSPS) is 14.7. The molecule has 1 aliphatic heterocycles. The van der Waals surface area contributed by atoms with Crippen molar-refractivity contribution in [1.82, 2.24) is 4.57 Å². The van der Waals surface area contributed by atoms with Crippen molar-refractivity contribution in [3.8, 4) is 11.5 Å². The van der Waals surface area contributed by atoms with Crippen LogP contribution in [0, 0.1) is 3.57 Å². The summed E-state index contributed by atoms with van der Waals surface area (Å²) in [5, 5.41) is 2.98. The number of hydrogen-bond donors (Lipinski definition) is 1. The number of thiazole rings is 1. The van der Waals surface area contributed by atoms with E-state index in [9.17, 15) is 9.59 Å². The molecule has 1 aliphatic rings. The van der Waals surface area contributed by atoms with Gasteiger partial charge in [0.25, 0.3) is 11.5 Å². The lowest BCUT2D eigenvalue weighted by molar-refractivity contribution is -0.113. The molecule has 5 rings (SSSR count). The smallest absolute Gasteiger partial charge is 0.271 e. The van der Waals surface area contributed by atoms with Gasteiger partial charge in [-0.25, -0.2) is 4.99 Å². The molecular formula is C32H27BrIN3O4S. The molecule has 3 aromatic carbocycles. The number of halogens is 2. The van der Waals surface area contributed by atoms with E-state index in [0.29, 0.717) is 51.0 Å². The van der Waals surface area contributed by atoms with Crippen molar-refractivity contribution in [3.05, 3.63) is 130 Å². The van der Waals surface area contributed by atoms with E-state index in [0.717, 1.165) is 19.2 Å². The number of hydrogen-bond acceptors (Lipinski definition) is 6. The molecule has 0 aliphatic carbocycles. The Hall–Kier alpha value is -3.48. The maximum absolute atomic E-state index is 14.1. The molecule has 4 aromatic rings. The lowest BCUT2D eigenvalue weighted by Crippen LogP contribution is -2.40. The van der Waals surface area contributed by atoms with E-state index < -0.39 is 6.04 Å². The molecule has 214 valence electrons. The second-order valence-corrected chi connectivity index (χ2v) is 12.4. The number of para-hydroxylation sites is 1. The first-order chi connectivity index (χ1) is 20.3. The summed E-state index contributed by atoms with van der Waals surface area (Å²) < 4.78 is 15.4. The molecule has 0 fully saturated rings. The van der Waals surface area contributed by atoms with Crippen molar-refractivity contribution < 1.29 is 14.3 Å². The Balaban J connectivity index is 1.68. The number of carbonyl (C=O) groups is 1. The van der Waals surface area contributed by atoms with Crippen LogP contribution in [0.4, 0.5) is 5.69 Å². The molecule has 1 amide bonds. The average Bonchev–Trinajstić information content (AvgIpc) is 3.27. The van der Waals surface area contributed by atoms with Gasteiger partial charge in [-0.3, -0.25) is 14.2 Å². The fraction of sp³-hybridized carbons (Fsp3) is 0.156. The minimum Gasteiger partial charge on any atom is -0.494 e. The summed E-state index contributed by atoms with van der Waals surface area (Å²) >= 11 is 7.05. The molecule has 1 aromatic heterocycles. The third kappa shape index (κ3) is 6.30. The molecule has 0 radical (unpaired) electrons. The number of amides is 1. The summed E-state index contributed by atoms with van der Waals surface area (Å²) in [6.45, 7) is 8.33. The molecule has 0 spiro atoms. The molecular weight excluding hydrogens is 729 g/mol. The van der Waals surface area contributed by atoms with E-state index >= 15 is 0 Å². The molecule has 0 unspecified atom stereocenters. The minimum absolute atomic E-state index is 0.250. The average molecular weight is 756 g/mol.